The van der Waals surface area contributed by atoms with Crippen molar-refractivity contribution in [2.45, 2.75) is 39.5 Å². The van der Waals surface area contributed by atoms with E-state index in [1.54, 1.807) is 14.2 Å². The van der Waals surface area contributed by atoms with Crippen LogP contribution in [0.4, 0.5) is 0 Å². The van der Waals surface area contributed by atoms with Gasteiger partial charge >= 0.3 is 8.80 Å². The van der Waals surface area contributed by atoms with Crippen molar-refractivity contribution in [3.8, 4) is 0 Å². The lowest BCUT2D eigenvalue weighted by molar-refractivity contribution is 0.114. The summed E-state index contributed by atoms with van der Waals surface area (Å²) in [6.07, 6.45) is 0. The minimum absolute atomic E-state index is 0.531. The highest BCUT2D eigenvalue weighted by atomic mass is 32.4. The number of rotatable bonds is 8. The van der Waals surface area contributed by atoms with Crippen molar-refractivity contribution in [1.82, 2.24) is 0 Å². The van der Waals surface area contributed by atoms with Crippen LogP contribution in [0.15, 0.2) is 0 Å². The zero-order valence-corrected chi connectivity index (χ0v) is 14.4. The molecule has 0 saturated heterocycles. The SMILES string of the molecule is CO[Si](CC(C)C)(OC)OCS[Si](C)(C)C. The van der Waals surface area contributed by atoms with E-state index in [0.29, 0.717) is 11.9 Å². The van der Waals surface area contributed by atoms with Crippen molar-refractivity contribution < 1.29 is 13.3 Å². The normalized spacial score (nSPS) is 13.5. The van der Waals surface area contributed by atoms with Crippen molar-refractivity contribution in [3.63, 3.8) is 0 Å². The van der Waals surface area contributed by atoms with Gasteiger partial charge in [0.25, 0.3) is 0 Å². The summed E-state index contributed by atoms with van der Waals surface area (Å²) in [7, 11) is -0.141. The molecule has 3 nitrogen and oxygen atoms in total. The van der Waals surface area contributed by atoms with Crippen LogP contribution in [0.2, 0.25) is 25.7 Å². The molecule has 0 rings (SSSR count). The van der Waals surface area contributed by atoms with E-state index in [1.807, 2.05) is 11.2 Å². The summed E-state index contributed by atoms with van der Waals surface area (Å²) in [5, 5.41) is 0. The van der Waals surface area contributed by atoms with Gasteiger partial charge in [0.15, 0.2) is 0 Å². The van der Waals surface area contributed by atoms with Crippen LogP contribution in [0, 0.1) is 5.92 Å². The van der Waals surface area contributed by atoms with E-state index >= 15 is 0 Å². The number of hydrogen-bond acceptors (Lipinski definition) is 4. The molecule has 0 aliphatic rings. The average molecular weight is 283 g/mol. The summed E-state index contributed by atoms with van der Waals surface area (Å²) in [6.45, 7) is 11.3. The Morgan fingerprint density at radius 2 is 1.56 bits per heavy atom. The Morgan fingerprint density at radius 3 is 1.88 bits per heavy atom. The Labute approximate surface area is 106 Å². The fourth-order valence-electron chi connectivity index (χ4n) is 1.22. The first-order valence-corrected chi connectivity index (χ1v) is 12.8. The number of hydrogen-bond donors (Lipinski definition) is 0. The maximum atomic E-state index is 5.91. The molecule has 0 N–H and O–H groups in total. The molecule has 0 radical (unpaired) electrons. The van der Waals surface area contributed by atoms with Gasteiger partial charge in [-0.25, -0.2) is 0 Å². The fraction of sp³-hybridized carbons (Fsp3) is 1.00. The monoisotopic (exact) mass is 282 g/mol. The molecular formula is C10H26O3SSi2. The minimum Gasteiger partial charge on any atom is -0.377 e. The predicted molar refractivity (Wildman–Crippen MR) is 76.3 cm³/mol. The summed E-state index contributed by atoms with van der Waals surface area (Å²) in [5.74, 6) is 1.22. The molecule has 0 heterocycles. The molecule has 0 atom stereocenters. The van der Waals surface area contributed by atoms with E-state index in [2.05, 4.69) is 33.5 Å². The van der Waals surface area contributed by atoms with Crippen molar-refractivity contribution in [1.29, 1.82) is 0 Å². The molecule has 0 aliphatic carbocycles. The van der Waals surface area contributed by atoms with Crippen LogP contribution in [0.25, 0.3) is 0 Å². The molecule has 0 spiro atoms. The molecular weight excluding hydrogens is 256 g/mol. The Morgan fingerprint density at radius 1 is 1.06 bits per heavy atom. The lowest BCUT2D eigenvalue weighted by Crippen LogP contribution is -2.45. The van der Waals surface area contributed by atoms with Crippen LogP contribution in [0.1, 0.15) is 13.8 Å². The first-order valence-electron chi connectivity index (χ1n) is 5.63. The van der Waals surface area contributed by atoms with Crippen LogP contribution in [0.3, 0.4) is 0 Å². The quantitative estimate of drug-likeness (QED) is 0.504. The van der Waals surface area contributed by atoms with Crippen LogP contribution < -0.4 is 0 Å². The Hall–Kier alpha value is 0.664. The van der Waals surface area contributed by atoms with Gasteiger partial charge in [0.05, 0.1) is 5.94 Å². The first-order chi connectivity index (χ1) is 7.24. The Kier molecular flexibility index (Phi) is 7.47. The van der Waals surface area contributed by atoms with Crippen molar-refractivity contribution in [3.05, 3.63) is 0 Å². The standard InChI is InChI=1S/C10H26O3SSi2/c1-10(2)8-16(11-3,12-4)13-9-14-15(5,6)7/h10H,8-9H2,1-7H3. The van der Waals surface area contributed by atoms with Crippen LogP contribution in [-0.2, 0) is 13.3 Å². The fourth-order valence-corrected chi connectivity index (χ4v) is 5.97. The molecule has 0 saturated carbocycles. The van der Waals surface area contributed by atoms with Crippen molar-refractivity contribution >= 4 is 27.2 Å². The zero-order valence-electron chi connectivity index (χ0n) is 11.6. The van der Waals surface area contributed by atoms with Gasteiger partial charge in [-0.1, -0.05) is 33.5 Å². The maximum absolute atomic E-state index is 5.91. The van der Waals surface area contributed by atoms with E-state index in [0.717, 1.165) is 6.04 Å². The summed E-state index contributed by atoms with van der Waals surface area (Å²) < 4.78 is 16.9. The molecule has 0 aromatic heterocycles. The lowest BCUT2D eigenvalue weighted by atomic mass is 10.3. The molecule has 98 valence electrons. The van der Waals surface area contributed by atoms with Gasteiger partial charge in [-0.3, -0.25) is 0 Å². The minimum atomic E-state index is -2.40. The van der Waals surface area contributed by atoms with Crippen molar-refractivity contribution in [2.24, 2.45) is 5.92 Å². The molecule has 0 fully saturated rings. The molecule has 0 unspecified atom stereocenters. The topological polar surface area (TPSA) is 27.7 Å². The second-order valence-electron chi connectivity index (χ2n) is 5.21. The van der Waals surface area contributed by atoms with E-state index in [-0.39, 0.29) is 0 Å². The average Bonchev–Trinajstić information content (AvgIpc) is 2.13. The third-order valence-corrected chi connectivity index (χ3v) is 9.46. The van der Waals surface area contributed by atoms with Gasteiger partial charge in [-0.05, 0) is 5.92 Å². The molecule has 16 heavy (non-hydrogen) atoms. The zero-order chi connectivity index (χ0) is 12.8. The maximum Gasteiger partial charge on any atom is 0.501 e. The highest BCUT2D eigenvalue weighted by Gasteiger charge is 2.40. The summed E-state index contributed by atoms with van der Waals surface area (Å²) in [4.78, 5) is 0. The van der Waals surface area contributed by atoms with Crippen LogP contribution in [-0.4, -0.2) is 36.2 Å². The van der Waals surface area contributed by atoms with Gasteiger partial charge in [0, 0.05) is 20.3 Å². The third kappa shape index (κ3) is 7.08. The van der Waals surface area contributed by atoms with Crippen LogP contribution >= 0.6 is 11.2 Å². The smallest absolute Gasteiger partial charge is 0.377 e. The first kappa shape index (κ1) is 16.7. The second-order valence-corrected chi connectivity index (χ2v) is 17.4. The Bertz CT molecular complexity index is 191. The van der Waals surface area contributed by atoms with Crippen LogP contribution in [0.5, 0.6) is 0 Å². The van der Waals surface area contributed by atoms with Gasteiger partial charge < -0.3 is 13.3 Å². The van der Waals surface area contributed by atoms with Crippen molar-refractivity contribution in [2.75, 3.05) is 20.2 Å². The summed E-state index contributed by atoms with van der Waals surface area (Å²) in [5.41, 5.74) is 0. The molecule has 0 aromatic rings. The van der Waals surface area contributed by atoms with Gasteiger partial charge in [0.2, 0.25) is 0 Å². The Balaban J connectivity index is 4.22. The van der Waals surface area contributed by atoms with E-state index in [1.165, 1.54) is 0 Å². The largest absolute Gasteiger partial charge is 0.501 e. The molecule has 0 aliphatic heterocycles. The molecule has 6 heteroatoms. The van der Waals surface area contributed by atoms with E-state index < -0.39 is 16.0 Å². The lowest BCUT2D eigenvalue weighted by Gasteiger charge is -2.28. The van der Waals surface area contributed by atoms with E-state index in [9.17, 15) is 0 Å². The highest BCUT2D eigenvalue weighted by Crippen LogP contribution is 2.25. The highest BCUT2D eigenvalue weighted by molar-refractivity contribution is 8.28. The van der Waals surface area contributed by atoms with E-state index in [4.69, 9.17) is 13.3 Å². The van der Waals surface area contributed by atoms with Gasteiger partial charge in [-0.2, -0.15) is 11.2 Å². The molecule has 0 aromatic carbocycles. The molecule has 0 amide bonds. The predicted octanol–water partition coefficient (Wildman–Crippen LogP) is 3.42. The summed E-state index contributed by atoms with van der Waals surface area (Å²) >= 11 is 1.91. The van der Waals surface area contributed by atoms with Gasteiger partial charge in [-0.15, -0.1) is 0 Å². The summed E-state index contributed by atoms with van der Waals surface area (Å²) in [6, 6.07) is 0.881. The van der Waals surface area contributed by atoms with Gasteiger partial charge in [0.1, 0.15) is 7.22 Å². The second kappa shape index (κ2) is 7.18. The third-order valence-electron chi connectivity index (χ3n) is 2.05. The molecule has 0 bridgehead atoms.